The summed E-state index contributed by atoms with van der Waals surface area (Å²) >= 11 is 0. The first-order valence-corrected chi connectivity index (χ1v) is 9.88. The Morgan fingerprint density at radius 3 is 1.81 bits per heavy atom. The molecule has 1 aliphatic carbocycles. The van der Waals surface area contributed by atoms with E-state index < -0.39 is 0 Å². The first kappa shape index (κ1) is 26.6. The van der Waals surface area contributed by atoms with Crippen LogP contribution in [0, 0.1) is 0 Å². The normalized spacial score (nSPS) is 17.6. The van der Waals surface area contributed by atoms with E-state index in [1.54, 1.807) is 6.08 Å². The maximum Gasteiger partial charge on any atom is 0.118 e. The van der Waals surface area contributed by atoms with Crippen LogP contribution in [0.25, 0.3) is 11.6 Å². The van der Waals surface area contributed by atoms with E-state index >= 15 is 0 Å². The first-order chi connectivity index (χ1) is 13.2. The Balaban J connectivity index is 0. The van der Waals surface area contributed by atoms with Crippen LogP contribution in [0.5, 0.6) is 0 Å². The van der Waals surface area contributed by atoms with Crippen molar-refractivity contribution in [3.8, 4) is 0 Å². The van der Waals surface area contributed by atoms with E-state index in [-0.39, 0.29) is 0 Å². The second-order valence-electron chi connectivity index (χ2n) is 4.64. The van der Waals surface area contributed by atoms with Gasteiger partial charge in [0.05, 0.1) is 0 Å². The van der Waals surface area contributed by atoms with Gasteiger partial charge in [0.1, 0.15) is 5.71 Å². The second kappa shape index (κ2) is 15.6. The average Bonchev–Trinajstić information content (AvgIpc) is 2.76. The third-order valence-electron chi connectivity index (χ3n) is 3.64. The van der Waals surface area contributed by atoms with Crippen molar-refractivity contribution in [3.05, 3.63) is 83.5 Å². The molecule has 1 aliphatic rings. The summed E-state index contributed by atoms with van der Waals surface area (Å²) in [6.45, 7) is 23.6. The molecule has 0 unspecified atom stereocenters. The molecular formula is C25H37NO. The quantitative estimate of drug-likeness (QED) is 0.416. The fraction of sp³-hybridized carbons (Fsp3) is 0.320. The molecule has 1 N–H and O–H groups in total. The van der Waals surface area contributed by atoms with Gasteiger partial charge in [-0.25, -0.2) is 0 Å². The van der Waals surface area contributed by atoms with E-state index in [0.717, 1.165) is 33.4 Å². The van der Waals surface area contributed by atoms with Crippen molar-refractivity contribution in [1.29, 1.82) is 0 Å². The molecule has 0 amide bonds. The van der Waals surface area contributed by atoms with Crippen LogP contribution in [0.1, 0.15) is 72.1 Å². The number of nitrogens with zero attached hydrogens (tertiary/aromatic N) is 1. The molecule has 1 aromatic rings. The summed E-state index contributed by atoms with van der Waals surface area (Å²) in [5.41, 5.74) is 6.57. The molecule has 0 fully saturated rings. The lowest BCUT2D eigenvalue weighted by atomic mass is 9.76. The minimum Gasteiger partial charge on any atom is -0.410 e. The Bertz CT molecular complexity index is 716. The molecule has 0 spiro atoms. The molecule has 2 nitrogen and oxygen atoms in total. The average molecular weight is 368 g/mol. The van der Waals surface area contributed by atoms with Gasteiger partial charge in [-0.05, 0) is 36.1 Å². The van der Waals surface area contributed by atoms with Gasteiger partial charge in [0.25, 0.3) is 0 Å². The zero-order valence-corrected chi connectivity index (χ0v) is 18.4. The molecule has 0 aromatic heterocycles. The number of fused-ring (bicyclic) bond motifs is 1. The number of rotatable bonds is 2. The maximum atomic E-state index is 9.51. The third kappa shape index (κ3) is 5.96. The zero-order valence-electron chi connectivity index (χ0n) is 18.4. The highest BCUT2D eigenvalue weighted by molar-refractivity contribution is 6.24. The summed E-state index contributed by atoms with van der Waals surface area (Å²) in [7, 11) is 0. The van der Waals surface area contributed by atoms with Gasteiger partial charge in [0.2, 0.25) is 0 Å². The Morgan fingerprint density at radius 1 is 0.852 bits per heavy atom. The molecule has 0 aliphatic heterocycles. The molecule has 0 atom stereocenters. The summed E-state index contributed by atoms with van der Waals surface area (Å²) in [5.74, 6) is 0. The van der Waals surface area contributed by atoms with Gasteiger partial charge in [-0.3, -0.25) is 0 Å². The van der Waals surface area contributed by atoms with Gasteiger partial charge in [0.15, 0.2) is 0 Å². The lowest BCUT2D eigenvalue weighted by molar-refractivity contribution is 0.319. The summed E-state index contributed by atoms with van der Waals surface area (Å²) in [5, 5.41) is 13.0. The minimum atomic E-state index is 0.562. The monoisotopic (exact) mass is 367 g/mol. The van der Waals surface area contributed by atoms with Gasteiger partial charge in [-0.15, -0.1) is 0 Å². The fourth-order valence-corrected chi connectivity index (χ4v) is 2.80. The third-order valence-corrected chi connectivity index (χ3v) is 3.64. The van der Waals surface area contributed by atoms with Crippen molar-refractivity contribution in [3.63, 3.8) is 0 Å². The summed E-state index contributed by atoms with van der Waals surface area (Å²) in [6.07, 6.45) is 9.51. The lowest BCUT2D eigenvalue weighted by Gasteiger charge is -2.27. The highest BCUT2D eigenvalue weighted by Crippen LogP contribution is 2.40. The van der Waals surface area contributed by atoms with Gasteiger partial charge in [-0.1, -0.05) is 108 Å². The van der Waals surface area contributed by atoms with E-state index in [1.807, 2.05) is 91.8 Å². The van der Waals surface area contributed by atoms with Crippen LogP contribution in [0.4, 0.5) is 0 Å². The van der Waals surface area contributed by atoms with Crippen molar-refractivity contribution in [1.82, 2.24) is 0 Å². The molecule has 0 saturated carbocycles. The van der Waals surface area contributed by atoms with Crippen LogP contribution in [-0.2, 0) is 0 Å². The van der Waals surface area contributed by atoms with E-state index in [1.165, 1.54) is 0 Å². The van der Waals surface area contributed by atoms with Crippen LogP contribution in [0.15, 0.2) is 72.0 Å². The van der Waals surface area contributed by atoms with Crippen molar-refractivity contribution in [2.24, 2.45) is 5.16 Å². The number of allylic oxidation sites excluding steroid dienone is 7. The van der Waals surface area contributed by atoms with E-state index in [4.69, 9.17) is 0 Å². The van der Waals surface area contributed by atoms with Crippen molar-refractivity contribution in [2.45, 2.75) is 55.4 Å². The molecule has 2 rings (SSSR count). The minimum absolute atomic E-state index is 0.562. The molecule has 0 radical (unpaired) electrons. The van der Waals surface area contributed by atoms with Gasteiger partial charge in [-0.2, -0.15) is 0 Å². The van der Waals surface area contributed by atoms with Crippen LogP contribution >= 0.6 is 0 Å². The SMILES string of the molecule is C=C/C=C1\C(=C/C)\C(=C\C)c2c(C=C)cccc2\C1=N/O.CC.CC.CC. The molecule has 0 saturated heterocycles. The first-order valence-electron chi connectivity index (χ1n) is 9.88. The zero-order chi connectivity index (χ0) is 21.4. The molecule has 148 valence electrons. The Morgan fingerprint density at radius 2 is 1.41 bits per heavy atom. The number of oxime groups is 1. The largest absolute Gasteiger partial charge is 0.410 e. The topological polar surface area (TPSA) is 32.6 Å². The number of hydrogen-bond acceptors (Lipinski definition) is 2. The van der Waals surface area contributed by atoms with Gasteiger partial charge >= 0.3 is 0 Å². The Labute approximate surface area is 167 Å². The second-order valence-corrected chi connectivity index (χ2v) is 4.64. The van der Waals surface area contributed by atoms with Crippen molar-refractivity contribution < 1.29 is 5.21 Å². The molecule has 0 bridgehead atoms. The van der Waals surface area contributed by atoms with E-state index in [2.05, 4.69) is 24.4 Å². The Kier molecular flexibility index (Phi) is 15.4. The molecule has 27 heavy (non-hydrogen) atoms. The molecule has 1 aromatic carbocycles. The standard InChI is InChI=1S/C19H19NO.3C2H6/c1-5-10-16-14(7-3)15(8-4)18-13(6-2)11-9-12-17(18)19(16)20-21;3*1-2/h5-12,21H,1-2H2,3-4H3;3*1-2H3/b14-7-,15-8-,16-10+,20-19-;;;. The summed E-state index contributed by atoms with van der Waals surface area (Å²) < 4.78 is 0. The summed E-state index contributed by atoms with van der Waals surface area (Å²) in [6, 6.07) is 5.92. The number of benzene rings is 1. The lowest BCUT2D eigenvalue weighted by Crippen LogP contribution is -2.18. The molecular weight excluding hydrogens is 330 g/mol. The van der Waals surface area contributed by atoms with Crippen molar-refractivity contribution >= 4 is 17.4 Å². The van der Waals surface area contributed by atoms with Crippen LogP contribution in [0.3, 0.4) is 0 Å². The van der Waals surface area contributed by atoms with Gasteiger partial charge in [0, 0.05) is 11.1 Å². The van der Waals surface area contributed by atoms with Crippen LogP contribution < -0.4 is 0 Å². The van der Waals surface area contributed by atoms with Crippen LogP contribution in [-0.4, -0.2) is 10.9 Å². The summed E-state index contributed by atoms with van der Waals surface area (Å²) in [4.78, 5) is 0. The highest BCUT2D eigenvalue weighted by Gasteiger charge is 2.28. The van der Waals surface area contributed by atoms with E-state index in [9.17, 15) is 5.21 Å². The maximum absolute atomic E-state index is 9.51. The van der Waals surface area contributed by atoms with Crippen LogP contribution in [0.2, 0.25) is 0 Å². The predicted octanol–water partition coefficient (Wildman–Crippen LogP) is 8.06. The smallest absolute Gasteiger partial charge is 0.118 e. The van der Waals surface area contributed by atoms with Gasteiger partial charge < -0.3 is 5.21 Å². The van der Waals surface area contributed by atoms with E-state index in [0.29, 0.717) is 5.71 Å². The van der Waals surface area contributed by atoms with Crippen molar-refractivity contribution in [2.75, 3.05) is 0 Å². The predicted molar refractivity (Wildman–Crippen MR) is 125 cm³/mol. The highest BCUT2D eigenvalue weighted by atomic mass is 16.4. The fourth-order valence-electron chi connectivity index (χ4n) is 2.80. The molecule has 2 heteroatoms. The molecule has 0 heterocycles. The Hall–Kier alpha value is -2.61. The number of hydrogen-bond donors (Lipinski definition) is 1.